The highest BCUT2D eigenvalue weighted by molar-refractivity contribution is 6.30. The Morgan fingerprint density at radius 3 is 2.78 bits per heavy atom. The predicted octanol–water partition coefficient (Wildman–Crippen LogP) is 1.99. The maximum Gasteiger partial charge on any atom is 0.263 e. The molecule has 18 heavy (non-hydrogen) atoms. The molecule has 4 nitrogen and oxygen atoms in total. The zero-order valence-corrected chi connectivity index (χ0v) is 11.5. The normalized spacial score (nSPS) is 12.9. The highest BCUT2D eigenvalue weighted by Crippen LogP contribution is 2.22. The van der Waals surface area contributed by atoms with Crippen molar-refractivity contribution in [3.63, 3.8) is 0 Å². The van der Waals surface area contributed by atoms with Crippen molar-refractivity contribution in [2.24, 2.45) is 0 Å². The summed E-state index contributed by atoms with van der Waals surface area (Å²) in [7, 11) is 0. The van der Waals surface area contributed by atoms with Crippen LogP contribution >= 0.6 is 11.6 Å². The number of carbonyl (C=O) groups is 1. The number of halogens is 1. The molecule has 5 heteroatoms. The number of aliphatic hydroxyl groups excluding tert-OH is 1. The van der Waals surface area contributed by atoms with E-state index in [-0.39, 0.29) is 18.6 Å². The van der Waals surface area contributed by atoms with E-state index in [1.807, 2.05) is 0 Å². The summed E-state index contributed by atoms with van der Waals surface area (Å²) in [5.41, 5.74) is -1.03. The highest BCUT2D eigenvalue weighted by Gasteiger charge is 2.30. The van der Waals surface area contributed by atoms with E-state index < -0.39 is 5.60 Å². The van der Waals surface area contributed by atoms with Crippen molar-refractivity contribution >= 4 is 17.5 Å². The van der Waals surface area contributed by atoms with Crippen LogP contribution in [0.25, 0.3) is 0 Å². The standard InChI is InChI=1S/C13H18ClNO3/c1-9(8-16)15-12(17)13(2,3)18-11-6-4-5-10(14)7-11/h4-7,9,16H,8H2,1-3H3,(H,15,17). The molecule has 0 saturated heterocycles. The van der Waals surface area contributed by atoms with Crippen LogP contribution in [0.3, 0.4) is 0 Å². The van der Waals surface area contributed by atoms with Crippen molar-refractivity contribution in [3.8, 4) is 5.75 Å². The first kappa shape index (κ1) is 14.8. The molecule has 1 aromatic carbocycles. The fraction of sp³-hybridized carbons (Fsp3) is 0.462. The van der Waals surface area contributed by atoms with Gasteiger partial charge in [-0.1, -0.05) is 17.7 Å². The Bertz CT molecular complexity index is 420. The minimum atomic E-state index is -1.03. The van der Waals surface area contributed by atoms with Gasteiger partial charge >= 0.3 is 0 Å². The molecule has 0 aromatic heterocycles. The Hall–Kier alpha value is -1.26. The van der Waals surface area contributed by atoms with Crippen LogP contribution in [-0.4, -0.2) is 29.3 Å². The van der Waals surface area contributed by atoms with Gasteiger partial charge in [-0.2, -0.15) is 0 Å². The first-order valence-corrected chi connectivity index (χ1v) is 6.09. The number of hydrogen-bond acceptors (Lipinski definition) is 3. The number of hydrogen-bond donors (Lipinski definition) is 2. The van der Waals surface area contributed by atoms with E-state index in [0.29, 0.717) is 10.8 Å². The van der Waals surface area contributed by atoms with E-state index in [1.165, 1.54) is 0 Å². The average molecular weight is 272 g/mol. The van der Waals surface area contributed by atoms with Crippen LogP contribution in [0, 0.1) is 0 Å². The third kappa shape index (κ3) is 4.20. The van der Waals surface area contributed by atoms with E-state index in [0.717, 1.165) is 0 Å². The van der Waals surface area contributed by atoms with Crippen LogP contribution in [0.1, 0.15) is 20.8 Å². The van der Waals surface area contributed by atoms with Crippen molar-refractivity contribution in [1.29, 1.82) is 0 Å². The predicted molar refractivity (Wildman–Crippen MR) is 70.8 cm³/mol. The Balaban J connectivity index is 2.72. The summed E-state index contributed by atoms with van der Waals surface area (Å²) < 4.78 is 5.61. The zero-order chi connectivity index (χ0) is 13.8. The second-order valence-corrected chi connectivity index (χ2v) is 5.06. The van der Waals surface area contributed by atoms with E-state index >= 15 is 0 Å². The number of ether oxygens (including phenoxy) is 1. The Labute approximate surface area is 112 Å². The monoisotopic (exact) mass is 271 g/mol. The molecule has 0 bridgehead atoms. The summed E-state index contributed by atoms with van der Waals surface area (Å²) >= 11 is 5.85. The van der Waals surface area contributed by atoms with Crippen LogP contribution in [-0.2, 0) is 4.79 Å². The molecule has 100 valence electrons. The lowest BCUT2D eigenvalue weighted by atomic mass is 10.1. The molecule has 0 spiro atoms. The maximum absolute atomic E-state index is 11.9. The van der Waals surface area contributed by atoms with Crippen LogP contribution in [0.5, 0.6) is 5.75 Å². The number of nitrogens with one attached hydrogen (secondary N) is 1. The maximum atomic E-state index is 11.9. The van der Waals surface area contributed by atoms with Crippen molar-refractivity contribution in [1.82, 2.24) is 5.32 Å². The molecule has 0 aliphatic heterocycles. The first-order valence-electron chi connectivity index (χ1n) is 5.71. The van der Waals surface area contributed by atoms with E-state index in [4.69, 9.17) is 21.4 Å². The second-order valence-electron chi connectivity index (χ2n) is 4.63. The van der Waals surface area contributed by atoms with Gasteiger partial charge in [0.2, 0.25) is 0 Å². The smallest absolute Gasteiger partial charge is 0.263 e. The fourth-order valence-electron chi connectivity index (χ4n) is 1.31. The lowest BCUT2D eigenvalue weighted by Crippen LogP contribution is -2.50. The number of aliphatic hydroxyl groups is 1. The number of carbonyl (C=O) groups excluding carboxylic acids is 1. The van der Waals surface area contributed by atoms with Crippen molar-refractivity contribution in [2.45, 2.75) is 32.4 Å². The number of amides is 1. The molecule has 2 N–H and O–H groups in total. The third-order valence-corrected chi connectivity index (χ3v) is 2.60. The molecule has 1 atom stereocenters. The van der Waals surface area contributed by atoms with Gasteiger partial charge in [0.1, 0.15) is 5.75 Å². The van der Waals surface area contributed by atoms with Crippen LogP contribution in [0.15, 0.2) is 24.3 Å². The van der Waals surface area contributed by atoms with E-state index in [1.54, 1.807) is 45.0 Å². The van der Waals surface area contributed by atoms with E-state index in [2.05, 4.69) is 5.32 Å². The Morgan fingerprint density at radius 1 is 1.56 bits per heavy atom. The highest BCUT2D eigenvalue weighted by atomic mass is 35.5. The molecule has 0 aliphatic carbocycles. The molecule has 1 aromatic rings. The van der Waals surface area contributed by atoms with Crippen molar-refractivity contribution < 1.29 is 14.6 Å². The van der Waals surface area contributed by atoms with Gasteiger partial charge in [0.25, 0.3) is 5.91 Å². The lowest BCUT2D eigenvalue weighted by Gasteiger charge is -2.26. The zero-order valence-electron chi connectivity index (χ0n) is 10.7. The first-order chi connectivity index (χ1) is 8.35. The molecule has 1 unspecified atom stereocenters. The molecular weight excluding hydrogens is 254 g/mol. The van der Waals surface area contributed by atoms with Gasteiger partial charge < -0.3 is 15.2 Å². The summed E-state index contributed by atoms with van der Waals surface area (Å²) in [6.45, 7) is 4.92. The molecule has 0 radical (unpaired) electrons. The van der Waals surface area contributed by atoms with Crippen molar-refractivity contribution in [2.75, 3.05) is 6.61 Å². The number of benzene rings is 1. The third-order valence-electron chi connectivity index (χ3n) is 2.37. The van der Waals surface area contributed by atoms with Crippen molar-refractivity contribution in [3.05, 3.63) is 29.3 Å². The van der Waals surface area contributed by atoms with E-state index in [9.17, 15) is 4.79 Å². The van der Waals surface area contributed by atoms with Crippen LogP contribution in [0.4, 0.5) is 0 Å². The van der Waals surface area contributed by atoms with Crippen LogP contribution in [0.2, 0.25) is 5.02 Å². The summed E-state index contributed by atoms with van der Waals surface area (Å²) in [5.74, 6) is 0.239. The Morgan fingerprint density at radius 2 is 2.22 bits per heavy atom. The number of rotatable bonds is 5. The average Bonchev–Trinajstić information content (AvgIpc) is 2.28. The SMILES string of the molecule is CC(CO)NC(=O)C(C)(C)Oc1cccc(Cl)c1. The topological polar surface area (TPSA) is 58.6 Å². The lowest BCUT2D eigenvalue weighted by molar-refractivity contribution is -0.135. The molecule has 1 amide bonds. The molecular formula is C13H18ClNO3. The minimum Gasteiger partial charge on any atom is -0.478 e. The molecule has 1 rings (SSSR count). The summed E-state index contributed by atoms with van der Waals surface area (Å²) in [5, 5.41) is 12.1. The van der Waals surface area contributed by atoms with Gasteiger partial charge in [0, 0.05) is 11.1 Å². The molecule has 0 saturated carbocycles. The van der Waals surface area contributed by atoms with Gasteiger partial charge in [-0.15, -0.1) is 0 Å². The van der Waals surface area contributed by atoms with Gasteiger partial charge in [-0.05, 0) is 39.0 Å². The fourth-order valence-corrected chi connectivity index (χ4v) is 1.49. The Kier molecular flexibility index (Phi) is 4.99. The molecule has 0 heterocycles. The van der Waals surface area contributed by atoms with Gasteiger partial charge in [-0.3, -0.25) is 4.79 Å². The summed E-state index contributed by atoms with van der Waals surface area (Å²) in [6.07, 6.45) is 0. The molecule has 0 fully saturated rings. The van der Waals surface area contributed by atoms with Crippen LogP contribution < -0.4 is 10.1 Å². The summed E-state index contributed by atoms with van der Waals surface area (Å²) in [4.78, 5) is 11.9. The second kappa shape index (κ2) is 6.07. The molecule has 0 aliphatic rings. The quantitative estimate of drug-likeness (QED) is 0.861. The summed E-state index contributed by atoms with van der Waals surface area (Å²) in [6, 6.07) is 6.56. The van der Waals surface area contributed by atoms with Gasteiger partial charge in [0.05, 0.1) is 6.61 Å². The largest absolute Gasteiger partial charge is 0.478 e. The van der Waals surface area contributed by atoms with Gasteiger partial charge in [-0.25, -0.2) is 0 Å². The van der Waals surface area contributed by atoms with Gasteiger partial charge in [0.15, 0.2) is 5.60 Å². The minimum absolute atomic E-state index is 0.112.